The van der Waals surface area contributed by atoms with E-state index < -0.39 is 5.97 Å². The first-order valence-electron chi connectivity index (χ1n) is 7.00. The number of hydrogen-bond donors (Lipinski definition) is 0. The first-order valence-corrected chi connectivity index (χ1v) is 7.98. The van der Waals surface area contributed by atoms with Crippen LogP contribution in [0, 0.1) is 5.82 Å². The molecule has 0 saturated heterocycles. The maximum absolute atomic E-state index is 13.4. The summed E-state index contributed by atoms with van der Waals surface area (Å²) >= 11 is 1.11. The molecule has 0 spiro atoms. The summed E-state index contributed by atoms with van der Waals surface area (Å²) in [5, 5.41) is 0. The Hall–Kier alpha value is -2.01. The minimum Gasteiger partial charge on any atom is -0.494 e. The van der Waals surface area contributed by atoms with Gasteiger partial charge in [0.2, 0.25) is 0 Å². The minimum atomic E-state index is -0.421. The molecule has 0 aliphatic rings. The zero-order valence-electron chi connectivity index (χ0n) is 12.3. The number of esters is 1. The fraction of sp³-hybridized carbons (Fsp3) is 0.235. The average molecular weight is 320 g/mol. The lowest BCUT2D eigenvalue weighted by atomic mass is 10.3. The topological polar surface area (TPSA) is 35.5 Å². The second-order valence-corrected chi connectivity index (χ2v) is 5.53. The Balaban J connectivity index is 1.83. The lowest BCUT2D eigenvalue weighted by Gasteiger charge is -2.07. The minimum absolute atomic E-state index is 0.0506. The van der Waals surface area contributed by atoms with E-state index in [0.717, 1.165) is 23.9 Å². The van der Waals surface area contributed by atoms with Crippen LogP contribution in [0.1, 0.15) is 13.3 Å². The Morgan fingerprint density at radius 3 is 2.45 bits per heavy atom. The molecule has 0 fully saturated rings. The summed E-state index contributed by atoms with van der Waals surface area (Å²) < 4.78 is 24.1. The molecule has 0 radical (unpaired) electrons. The number of thioether (sulfide) groups is 1. The maximum Gasteiger partial charge on any atom is 0.321 e. The van der Waals surface area contributed by atoms with Crippen molar-refractivity contribution in [1.82, 2.24) is 0 Å². The molecule has 116 valence electrons. The molecule has 5 heteroatoms. The van der Waals surface area contributed by atoms with Gasteiger partial charge in [-0.05, 0) is 42.8 Å². The molecule has 0 bridgehead atoms. The number of carbonyl (C=O) groups is 1. The van der Waals surface area contributed by atoms with Gasteiger partial charge < -0.3 is 9.47 Å². The highest BCUT2D eigenvalue weighted by molar-refractivity contribution is 8.00. The largest absolute Gasteiger partial charge is 0.494 e. The van der Waals surface area contributed by atoms with E-state index in [0.29, 0.717) is 17.3 Å². The Kier molecular flexibility index (Phi) is 6.27. The van der Waals surface area contributed by atoms with Crippen molar-refractivity contribution in [2.75, 3.05) is 12.4 Å². The summed E-state index contributed by atoms with van der Waals surface area (Å²) in [5.41, 5.74) is 0. The summed E-state index contributed by atoms with van der Waals surface area (Å²) in [7, 11) is 0. The fourth-order valence-electron chi connectivity index (χ4n) is 1.68. The van der Waals surface area contributed by atoms with Crippen LogP contribution in [0.2, 0.25) is 0 Å². The lowest BCUT2D eigenvalue weighted by Crippen LogP contribution is -2.10. The Labute approximate surface area is 133 Å². The Morgan fingerprint density at radius 1 is 1.09 bits per heavy atom. The summed E-state index contributed by atoms with van der Waals surface area (Å²) in [6.07, 6.45) is 0.935. The number of carbonyl (C=O) groups excluding carboxylic acids is 1. The zero-order valence-corrected chi connectivity index (χ0v) is 13.1. The maximum atomic E-state index is 13.4. The van der Waals surface area contributed by atoms with Gasteiger partial charge in [0.25, 0.3) is 0 Å². The average Bonchev–Trinajstić information content (AvgIpc) is 2.53. The number of hydrogen-bond acceptors (Lipinski definition) is 4. The molecule has 0 amide bonds. The van der Waals surface area contributed by atoms with Gasteiger partial charge in [-0.2, -0.15) is 0 Å². The molecule has 2 aromatic rings. The molecule has 3 nitrogen and oxygen atoms in total. The second-order valence-electron chi connectivity index (χ2n) is 4.51. The third kappa shape index (κ3) is 5.07. The highest BCUT2D eigenvalue weighted by Crippen LogP contribution is 2.22. The Morgan fingerprint density at radius 2 is 1.77 bits per heavy atom. The molecular formula is C17H17FO3S. The van der Waals surface area contributed by atoms with Crippen LogP contribution >= 0.6 is 11.8 Å². The smallest absolute Gasteiger partial charge is 0.321 e. The molecule has 0 aliphatic heterocycles. The van der Waals surface area contributed by atoms with Crippen molar-refractivity contribution >= 4 is 17.7 Å². The molecule has 2 rings (SSSR count). The third-order valence-electron chi connectivity index (χ3n) is 2.71. The van der Waals surface area contributed by atoms with E-state index >= 15 is 0 Å². The van der Waals surface area contributed by atoms with Crippen LogP contribution in [0.5, 0.6) is 11.5 Å². The van der Waals surface area contributed by atoms with Crippen LogP contribution in [-0.2, 0) is 4.79 Å². The van der Waals surface area contributed by atoms with Crippen molar-refractivity contribution in [3.8, 4) is 11.5 Å². The van der Waals surface area contributed by atoms with Crippen molar-refractivity contribution in [3.05, 3.63) is 54.3 Å². The van der Waals surface area contributed by atoms with Crippen LogP contribution in [0.3, 0.4) is 0 Å². The highest BCUT2D eigenvalue weighted by Gasteiger charge is 2.08. The van der Waals surface area contributed by atoms with Crippen molar-refractivity contribution in [3.63, 3.8) is 0 Å². The van der Waals surface area contributed by atoms with E-state index in [1.165, 1.54) is 6.07 Å². The van der Waals surface area contributed by atoms with E-state index in [1.807, 2.05) is 6.92 Å². The predicted molar refractivity (Wildman–Crippen MR) is 85.0 cm³/mol. The number of rotatable bonds is 7. The quantitative estimate of drug-likeness (QED) is 0.432. The fourth-order valence-corrected chi connectivity index (χ4v) is 2.40. The summed E-state index contributed by atoms with van der Waals surface area (Å²) in [6.45, 7) is 2.68. The summed E-state index contributed by atoms with van der Waals surface area (Å²) in [4.78, 5) is 12.2. The van der Waals surface area contributed by atoms with Gasteiger partial charge in [0.1, 0.15) is 17.3 Å². The van der Waals surface area contributed by atoms with Crippen LogP contribution in [0.25, 0.3) is 0 Å². The molecule has 2 aromatic carbocycles. The van der Waals surface area contributed by atoms with Crippen molar-refractivity contribution < 1.29 is 18.7 Å². The molecule has 0 aliphatic carbocycles. The SMILES string of the molecule is CCCOc1ccc(OC(=O)CSc2ccccc2F)cc1. The molecule has 0 saturated carbocycles. The first-order chi connectivity index (χ1) is 10.7. The third-order valence-corrected chi connectivity index (χ3v) is 3.73. The van der Waals surface area contributed by atoms with Gasteiger partial charge in [0.15, 0.2) is 0 Å². The molecule has 0 heterocycles. The van der Waals surface area contributed by atoms with Crippen molar-refractivity contribution in [1.29, 1.82) is 0 Å². The van der Waals surface area contributed by atoms with Gasteiger partial charge >= 0.3 is 5.97 Å². The number of ether oxygens (including phenoxy) is 2. The molecule has 0 unspecified atom stereocenters. The van der Waals surface area contributed by atoms with Gasteiger partial charge in [-0.3, -0.25) is 4.79 Å². The predicted octanol–water partition coefficient (Wildman–Crippen LogP) is 4.31. The number of benzene rings is 2. The van der Waals surface area contributed by atoms with E-state index in [4.69, 9.17) is 9.47 Å². The van der Waals surface area contributed by atoms with E-state index in [9.17, 15) is 9.18 Å². The van der Waals surface area contributed by atoms with Gasteiger partial charge in [-0.1, -0.05) is 19.1 Å². The van der Waals surface area contributed by atoms with Crippen LogP contribution in [0.15, 0.2) is 53.4 Å². The second kappa shape index (κ2) is 8.44. The standard InChI is InChI=1S/C17H17FO3S/c1-2-11-20-13-7-9-14(10-8-13)21-17(19)12-22-16-6-4-3-5-15(16)18/h3-10H,2,11-12H2,1H3. The molecule has 22 heavy (non-hydrogen) atoms. The van der Waals surface area contributed by atoms with Gasteiger partial charge in [-0.25, -0.2) is 4.39 Å². The summed E-state index contributed by atoms with van der Waals surface area (Å²) in [5.74, 6) is 0.480. The highest BCUT2D eigenvalue weighted by atomic mass is 32.2. The molecule has 0 N–H and O–H groups in total. The van der Waals surface area contributed by atoms with Crippen LogP contribution in [-0.4, -0.2) is 18.3 Å². The van der Waals surface area contributed by atoms with E-state index in [1.54, 1.807) is 42.5 Å². The molecule has 0 atom stereocenters. The van der Waals surface area contributed by atoms with Gasteiger partial charge in [-0.15, -0.1) is 11.8 Å². The van der Waals surface area contributed by atoms with E-state index in [-0.39, 0.29) is 11.6 Å². The van der Waals surface area contributed by atoms with Crippen molar-refractivity contribution in [2.24, 2.45) is 0 Å². The van der Waals surface area contributed by atoms with Gasteiger partial charge in [0, 0.05) is 4.90 Å². The number of halogens is 1. The molecule has 0 aromatic heterocycles. The zero-order chi connectivity index (χ0) is 15.8. The van der Waals surface area contributed by atoms with Gasteiger partial charge in [0.05, 0.1) is 12.4 Å². The summed E-state index contributed by atoms with van der Waals surface area (Å²) in [6, 6.07) is 13.2. The van der Waals surface area contributed by atoms with Crippen LogP contribution < -0.4 is 9.47 Å². The molecular weight excluding hydrogens is 303 g/mol. The van der Waals surface area contributed by atoms with E-state index in [2.05, 4.69) is 0 Å². The first kappa shape index (κ1) is 16.4. The Bertz CT molecular complexity index is 614. The van der Waals surface area contributed by atoms with Crippen LogP contribution in [0.4, 0.5) is 4.39 Å². The normalized spacial score (nSPS) is 10.3. The monoisotopic (exact) mass is 320 g/mol. The van der Waals surface area contributed by atoms with Crippen molar-refractivity contribution in [2.45, 2.75) is 18.2 Å². The lowest BCUT2D eigenvalue weighted by molar-refractivity contribution is -0.131.